The maximum absolute atomic E-state index is 13.1. The third kappa shape index (κ3) is 5.61. The number of carbonyl (C=O) groups is 3. The summed E-state index contributed by atoms with van der Waals surface area (Å²) in [5, 5.41) is 3.09. The Bertz CT molecular complexity index is 484. The van der Waals surface area contributed by atoms with Gasteiger partial charge in [-0.2, -0.15) is 0 Å². The molecule has 0 radical (unpaired) electrons. The number of urea groups is 1. The van der Waals surface area contributed by atoms with E-state index in [-0.39, 0.29) is 24.5 Å². The van der Waals surface area contributed by atoms with Crippen LogP contribution in [0.5, 0.6) is 0 Å². The van der Waals surface area contributed by atoms with Crippen LogP contribution in [0.2, 0.25) is 0 Å². The molecule has 0 aromatic heterocycles. The summed E-state index contributed by atoms with van der Waals surface area (Å²) >= 11 is 0. The highest BCUT2D eigenvalue weighted by molar-refractivity contribution is 5.87. The Balaban J connectivity index is 2.19. The lowest BCUT2D eigenvalue weighted by molar-refractivity contribution is -0.153. The zero-order valence-corrected chi connectivity index (χ0v) is 16.0. The number of rotatable bonds is 6. The summed E-state index contributed by atoms with van der Waals surface area (Å²) in [4.78, 5) is 38.9. The molecular weight excluding hydrogens is 336 g/mol. The van der Waals surface area contributed by atoms with E-state index in [9.17, 15) is 14.4 Å². The lowest BCUT2D eigenvalue weighted by Crippen LogP contribution is -2.57. The van der Waals surface area contributed by atoms with E-state index in [4.69, 9.17) is 9.47 Å². The molecule has 2 amide bonds. The van der Waals surface area contributed by atoms with E-state index in [2.05, 4.69) is 5.32 Å². The Morgan fingerprint density at radius 2 is 1.50 bits per heavy atom. The summed E-state index contributed by atoms with van der Waals surface area (Å²) in [5.41, 5.74) is 0. The number of ether oxygens (including phenoxy) is 2. The first kappa shape index (κ1) is 20.5. The number of amides is 2. The Morgan fingerprint density at radius 1 is 0.923 bits per heavy atom. The number of hydrogen-bond acceptors (Lipinski definition) is 5. The number of esters is 2. The first-order chi connectivity index (χ1) is 12.6. The molecule has 2 saturated carbocycles. The predicted octanol–water partition coefficient (Wildman–Crippen LogP) is 2.77. The van der Waals surface area contributed by atoms with Gasteiger partial charge in [-0.15, -0.1) is 0 Å². The SMILES string of the molecule is COC(=O)CC(C(=O)OC)N(C(=O)NC1CCCCC1)C1CCCCC1. The van der Waals surface area contributed by atoms with Crippen molar-refractivity contribution in [1.29, 1.82) is 0 Å². The third-order valence-electron chi connectivity index (χ3n) is 5.53. The molecule has 148 valence electrons. The number of carbonyl (C=O) groups excluding carboxylic acids is 3. The Labute approximate surface area is 155 Å². The molecule has 2 rings (SSSR count). The van der Waals surface area contributed by atoms with Crippen molar-refractivity contribution in [2.24, 2.45) is 0 Å². The largest absolute Gasteiger partial charge is 0.469 e. The smallest absolute Gasteiger partial charge is 0.329 e. The molecule has 0 aromatic carbocycles. The molecule has 7 heteroatoms. The third-order valence-corrected chi connectivity index (χ3v) is 5.53. The van der Waals surface area contributed by atoms with Gasteiger partial charge in [-0.05, 0) is 25.7 Å². The van der Waals surface area contributed by atoms with E-state index in [1.165, 1.54) is 20.6 Å². The normalized spacial score (nSPS) is 20.1. The fraction of sp³-hybridized carbons (Fsp3) is 0.842. The highest BCUT2D eigenvalue weighted by Crippen LogP contribution is 2.27. The van der Waals surface area contributed by atoms with E-state index in [1.807, 2.05) is 0 Å². The van der Waals surface area contributed by atoms with Crippen molar-refractivity contribution in [2.75, 3.05) is 14.2 Å². The van der Waals surface area contributed by atoms with Crippen LogP contribution in [0.4, 0.5) is 4.79 Å². The van der Waals surface area contributed by atoms with Crippen LogP contribution in [0, 0.1) is 0 Å². The summed E-state index contributed by atoms with van der Waals surface area (Å²) < 4.78 is 9.64. The van der Waals surface area contributed by atoms with E-state index >= 15 is 0 Å². The zero-order valence-electron chi connectivity index (χ0n) is 16.0. The van der Waals surface area contributed by atoms with Crippen molar-refractivity contribution in [1.82, 2.24) is 10.2 Å². The highest BCUT2D eigenvalue weighted by Gasteiger charge is 2.38. The van der Waals surface area contributed by atoms with Gasteiger partial charge >= 0.3 is 18.0 Å². The fourth-order valence-corrected chi connectivity index (χ4v) is 4.09. The quantitative estimate of drug-likeness (QED) is 0.729. The molecular formula is C19H32N2O5. The average molecular weight is 368 g/mol. The Hall–Kier alpha value is -1.79. The molecule has 2 aliphatic rings. The molecule has 0 spiro atoms. The molecule has 0 aromatic rings. The standard InChI is InChI=1S/C19H32N2O5/c1-25-17(22)13-16(18(23)26-2)21(15-11-7-4-8-12-15)19(24)20-14-9-5-3-6-10-14/h14-16H,3-13H2,1-2H3,(H,20,24). The Morgan fingerprint density at radius 3 is 2.04 bits per heavy atom. The van der Waals surface area contributed by atoms with Crippen LogP contribution >= 0.6 is 0 Å². The molecule has 2 fully saturated rings. The van der Waals surface area contributed by atoms with Crippen LogP contribution in [-0.4, -0.2) is 55.2 Å². The van der Waals surface area contributed by atoms with Gasteiger partial charge in [0.25, 0.3) is 0 Å². The van der Waals surface area contributed by atoms with Crippen molar-refractivity contribution in [3.63, 3.8) is 0 Å². The van der Waals surface area contributed by atoms with Gasteiger partial charge in [-0.3, -0.25) is 4.79 Å². The Kier molecular flexibility index (Phi) is 8.19. The summed E-state index contributed by atoms with van der Waals surface area (Å²) in [5.74, 6) is -1.09. The minimum Gasteiger partial charge on any atom is -0.469 e. The molecule has 0 saturated heterocycles. The van der Waals surface area contributed by atoms with E-state index < -0.39 is 18.0 Å². The first-order valence-corrected chi connectivity index (χ1v) is 9.80. The van der Waals surface area contributed by atoms with Gasteiger partial charge in [-0.1, -0.05) is 38.5 Å². The van der Waals surface area contributed by atoms with Gasteiger partial charge in [0.05, 0.1) is 20.6 Å². The molecule has 26 heavy (non-hydrogen) atoms. The van der Waals surface area contributed by atoms with Crippen LogP contribution in [0.15, 0.2) is 0 Å². The topological polar surface area (TPSA) is 84.9 Å². The summed E-state index contributed by atoms with van der Waals surface area (Å²) in [6.45, 7) is 0. The van der Waals surface area contributed by atoms with Crippen molar-refractivity contribution >= 4 is 18.0 Å². The van der Waals surface area contributed by atoms with Crippen LogP contribution in [0.1, 0.15) is 70.6 Å². The first-order valence-electron chi connectivity index (χ1n) is 9.80. The van der Waals surface area contributed by atoms with Crippen LogP contribution in [0.25, 0.3) is 0 Å². The van der Waals surface area contributed by atoms with Gasteiger partial charge < -0.3 is 19.7 Å². The zero-order chi connectivity index (χ0) is 18.9. The van der Waals surface area contributed by atoms with Crippen molar-refractivity contribution in [3.05, 3.63) is 0 Å². The number of hydrogen-bond donors (Lipinski definition) is 1. The second-order valence-corrected chi connectivity index (χ2v) is 7.30. The maximum atomic E-state index is 13.1. The second-order valence-electron chi connectivity index (χ2n) is 7.30. The van der Waals surface area contributed by atoms with Gasteiger partial charge in [0.1, 0.15) is 6.04 Å². The van der Waals surface area contributed by atoms with Crippen molar-refractivity contribution in [3.8, 4) is 0 Å². The lowest BCUT2D eigenvalue weighted by Gasteiger charge is -2.39. The molecule has 1 N–H and O–H groups in total. The minimum atomic E-state index is -0.945. The minimum absolute atomic E-state index is 0.0545. The second kappa shape index (κ2) is 10.4. The molecule has 7 nitrogen and oxygen atoms in total. The number of methoxy groups -OCH3 is 2. The molecule has 0 aliphatic heterocycles. The van der Waals surface area contributed by atoms with Crippen LogP contribution < -0.4 is 5.32 Å². The molecule has 1 atom stereocenters. The lowest BCUT2D eigenvalue weighted by atomic mass is 9.92. The average Bonchev–Trinajstić information content (AvgIpc) is 2.68. The molecule has 1 unspecified atom stereocenters. The van der Waals surface area contributed by atoms with Crippen LogP contribution in [0.3, 0.4) is 0 Å². The number of nitrogens with one attached hydrogen (secondary N) is 1. The van der Waals surface area contributed by atoms with E-state index in [1.54, 1.807) is 4.90 Å². The maximum Gasteiger partial charge on any atom is 0.329 e. The van der Waals surface area contributed by atoms with Gasteiger partial charge in [0.15, 0.2) is 0 Å². The predicted molar refractivity (Wildman–Crippen MR) is 96.6 cm³/mol. The van der Waals surface area contributed by atoms with Gasteiger partial charge in [0.2, 0.25) is 0 Å². The van der Waals surface area contributed by atoms with Gasteiger partial charge in [-0.25, -0.2) is 9.59 Å². The summed E-state index contributed by atoms with van der Waals surface area (Å²) in [7, 11) is 2.56. The summed E-state index contributed by atoms with van der Waals surface area (Å²) in [6, 6.07) is -1.12. The summed E-state index contributed by atoms with van der Waals surface area (Å²) in [6.07, 6.45) is 10.0. The molecule has 0 bridgehead atoms. The van der Waals surface area contributed by atoms with Crippen LogP contribution in [-0.2, 0) is 19.1 Å². The number of nitrogens with zero attached hydrogens (tertiary/aromatic N) is 1. The molecule has 2 aliphatic carbocycles. The highest BCUT2D eigenvalue weighted by atomic mass is 16.5. The monoisotopic (exact) mass is 368 g/mol. The van der Waals surface area contributed by atoms with E-state index in [0.717, 1.165) is 57.8 Å². The van der Waals surface area contributed by atoms with Gasteiger partial charge in [0, 0.05) is 12.1 Å². The molecule has 0 heterocycles. The van der Waals surface area contributed by atoms with Crippen molar-refractivity contribution in [2.45, 2.75) is 88.8 Å². The van der Waals surface area contributed by atoms with E-state index in [0.29, 0.717) is 0 Å². The fourth-order valence-electron chi connectivity index (χ4n) is 4.09. The van der Waals surface area contributed by atoms with Crippen molar-refractivity contribution < 1.29 is 23.9 Å².